The zero-order chi connectivity index (χ0) is 13.8. The van der Waals surface area contributed by atoms with Gasteiger partial charge in [-0.05, 0) is 69.4 Å². The van der Waals surface area contributed by atoms with Crippen LogP contribution in [0.2, 0.25) is 0 Å². The van der Waals surface area contributed by atoms with Crippen LogP contribution in [0.3, 0.4) is 0 Å². The lowest BCUT2D eigenvalue weighted by Crippen LogP contribution is -2.40. The number of hydrogen-bond donors (Lipinski definition) is 1. The van der Waals surface area contributed by atoms with E-state index in [9.17, 15) is 0 Å². The Morgan fingerprint density at radius 1 is 1.10 bits per heavy atom. The Balaban J connectivity index is 0.00000161. The number of hydrogen-bond acceptors (Lipinski definition) is 3. The molecule has 0 aromatic heterocycles. The normalized spacial score (nSPS) is 19.3. The van der Waals surface area contributed by atoms with Gasteiger partial charge >= 0.3 is 0 Å². The van der Waals surface area contributed by atoms with Crippen molar-refractivity contribution in [3.63, 3.8) is 0 Å². The highest BCUT2D eigenvalue weighted by Gasteiger charge is 2.22. The van der Waals surface area contributed by atoms with Crippen molar-refractivity contribution in [2.24, 2.45) is 5.92 Å². The van der Waals surface area contributed by atoms with Crippen molar-refractivity contribution in [3.05, 3.63) is 29.8 Å². The van der Waals surface area contributed by atoms with Crippen LogP contribution >= 0.6 is 12.4 Å². The van der Waals surface area contributed by atoms with Gasteiger partial charge in [0.2, 0.25) is 0 Å². The van der Waals surface area contributed by atoms with E-state index in [1.54, 1.807) is 0 Å². The van der Waals surface area contributed by atoms with Gasteiger partial charge in [-0.1, -0.05) is 12.1 Å². The molecule has 2 aliphatic rings. The van der Waals surface area contributed by atoms with Gasteiger partial charge in [-0.2, -0.15) is 0 Å². The highest BCUT2D eigenvalue weighted by atomic mass is 35.5. The van der Waals surface area contributed by atoms with Gasteiger partial charge in [-0.3, -0.25) is 4.90 Å². The molecule has 3 nitrogen and oxygen atoms in total. The van der Waals surface area contributed by atoms with E-state index in [1.165, 1.54) is 31.2 Å². The largest absolute Gasteiger partial charge is 0.493 e. The molecule has 4 heteroatoms. The summed E-state index contributed by atoms with van der Waals surface area (Å²) in [7, 11) is 2.24. The minimum Gasteiger partial charge on any atom is -0.493 e. The molecule has 118 valence electrons. The highest BCUT2D eigenvalue weighted by Crippen LogP contribution is 2.29. The molecule has 0 amide bonds. The van der Waals surface area contributed by atoms with Crippen molar-refractivity contribution < 1.29 is 4.74 Å². The first-order valence-electron chi connectivity index (χ1n) is 7.94. The molecule has 0 spiro atoms. The first kappa shape index (κ1) is 16.6. The fraction of sp³-hybridized carbons (Fsp3) is 0.647. The summed E-state index contributed by atoms with van der Waals surface area (Å²) in [5.41, 5.74) is 1.38. The molecule has 1 saturated heterocycles. The quantitative estimate of drug-likeness (QED) is 0.874. The zero-order valence-corrected chi connectivity index (χ0v) is 13.7. The van der Waals surface area contributed by atoms with Gasteiger partial charge in [0.05, 0.1) is 6.61 Å². The van der Waals surface area contributed by atoms with Gasteiger partial charge in [-0.15, -0.1) is 12.4 Å². The Kier molecular flexibility index (Phi) is 6.34. The van der Waals surface area contributed by atoms with Crippen molar-refractivity contribution in [1.29, 1.82) is 0 Å². The van der Waals surface area contributed by atoms with E-state index >= 15 is 0 Å². The van der Waals surface area contributed by atoms with Crippen LogP contribution in [0.5, 0.6) is 5.75 Å². The summed E-state index contributed by atoms with van der Waals surface area (Å²) >= 11 is 0. The Morgan fingerprint density at radius 3 is 2.38 bits per heavy atom. The number of piperidine rings is 1. The summed E-state index contributed by atoms with van der Waals surface area (Å²) in [5.74, 6) is 1.84. The van der Waals surface area contributed by atoms with Gasteiger partial charge in [0.1, 0.15) is 5.75 Å². The summed E-state index contributed by atoms with van der Waals surface area (Å²) in [6, 6.07) is 9.38. The van der Waals surface area contributed by atoms with Crippen molar-refractivity contribution in [1.82, 2.24) is 10.2 Å². The lowest BCUT2D eigenvalue weighted by atomic mass is 10.0. The number of halogens is 1. The number of nitrogens with zero attached hydrogens (tertiary/aromatic N) is 1. The second-order valence-electron chi connectivity index (χ2n) is 6.29. The minimum absolute atomic E-state index is 0. The van der Waals surface area contributed by atoms with Crippen LogP contribution in [0.15, 0.2) is 24.3 Å². The molecule has 1 N–H and O–H groups in total. The molecule has 3 rings (SSSR count). The number of rotatable bonds is 6. The summed E-state index contributed by atoms with van der Waals surface area (Å²) in [5, 5.41) is 3.43. The SMILES string of the molecule is CN(Cc1ccc(OCC2CC2)cc1)C1CCNCC1.Cl. The minimum atomic E-state index is 0. The maximum Gasteiger partial charge on any atom is 0.119 e. The third-order valence-electron chi connectivity index (χ3n) is 4.47. The van der Waals surface area contributed by atoms with E-state index in [0.29, 0.717) is 0 Å². The average molecular weight is 311 g/mol. The zero-order valence-electron chi connectivity index (χ0n) is 12.9. The maximum atomic E-state index is 5.78. The molecule has 1 aromatic carbocycles. The second-order valence-corrected chi connectivity index (χ2v) is 6.29. The molecule has 1 heterocycles. The van der Waals surface area contributed by atoms with E-state index in [0.717, 1.165) is 44.0 Å². The first-order valence-corrected chi connectivity index (χ1v) is 7.94. The molecule has 0 unspecified atom stereocenters. The van der Waals surface area contributed by atoms with Gasteiger partial charge in [0, 0.05) is 12.6 Å². The molecule has 2 fully saturated rings. The predicted octanol–water partition coefficient (Wildman–Crippen LogP) is 3.08. The molecule has 1 saturated carbocycles. The molecular weight excluding hydrogens is 284 g/mol. The lowest BCUT2D eigenvalue weighted by molar-refractivity contribution is 0.191. The van der Waals surface area contributed by atoms with Crippen LogP contribution in [-0.4, -0.2) is 37.7 Å². The molecule has 0 atom stereocenters. The predicted molar refractivity (Wildman–Crippen MR) is 89.3 cm³/mol. The summed E-state index contributed by atoms with van der Waals surface area (Å²) in [4.78, 5) is 2.49. The Bertz CT molecular complexity index is 413. The van der Waals surface area contributed by atoms with Crippen LogP contribution in [0.1, 0.15) is 31.2 Å². The van der Waals surface area contributed by atoms with Crippen molar-refractivity contribution >= 4 is 12.4 Å². The van der Waals surface area contributed by atoms with Crippen LogP contribution in [-0.2, 0) is 6.54 Å². The second kappa shape index (κ2) is 8.02. The summed E-state index contributed by atoms with van der Waals surface area (Å²) < 4.78 is 5.78. The summed E-state index contributed by atoms with van der Waals surface area (Å²) in [6.45, 7) is 4.24. The first-order chi connectivity index (χ1) is 9.81. The fourth-order valence-corrected chi connectivity index (χ4v) is 2.85. The highest BCUT2D eigenvalue weighted by molar-refractivity contribution is 5.85. The van der Waals surface area contributed by atoms with E-state index in [-0.39, 0.29) is 12.4 Å². The van der Waals surface area contributed by atoms with Crippen LogP contribution < -0.4 is 10.1 Å². The van der Waals surface area contributed by atoms with Crippen molar-refractivity contribution in [2.75, 3.05) is 26.7 Å². The lowest BCUT2D eigenvalue weighted by Gasteiger charge is -2.31. The van der Waals surface area contributed by atoms with E-state index in [1.807, 2.05) is 0 Å². The Morgan fingerprint density at radius 2 is 1.76 bits per heavy atom. The third-order valence-corrected chi connectivity index (χ3v) is 4.47. The molecule has 0 radical (unpaired) electrons. The van der Waals surface area contributed by atoms with E-state index < -0.39 is 0 Å². The Hall–Kier alpha value is -0.770. The van der Waals surface area contributed by atoms with Crippen LogP contribution in [0.25, 0.3) is 0 Å². The fourth-order valence-electron chi connectivity index (χ4n) is 2.85. The molecule has 21 heavy (non-hydrogen) atoms. The topological polar surface area (TPSA) is 24.5 Å². The summed E-state index contributed by atoms with van der Waals surface area (Å²) in [6.07, 6.45) is 5.22. The van der Waals surface area contributed by atoms with Gasteiger partial charge in [0.15, 0.2) is 0 Å². The molecular formula is C17H27ClN2O. The average Bonchev–Trinajstić information content (AvgIpc) is 3.32. The van der Waals surface area contributed by atoms with E-state index in [2.05, 4.69) is 41.5 Å². The Labute approximate surface area is 134 Å². The van der Waals surface area contributed by atoms with Gasteiger partial charge < -0.3 is 10.1 Å². The molecule has 1 aromatic rings. The maximum absolute atomic E-state index is 5.78. The van der Waals surface area contributed by atoms with Gasteiger partial charge in [0.25, 0.3) is 0 Å². The molecule has 1 aliphatic heterocycles. The van der Waals surface area contributed by atoms with E-state index in [4.69, 9.17) is 4.74 Å². The third kappa shape index (κ3) is 5.17. The van der Waals surface area contributed by atoms with Crippen LogP contribution in [0.4, 0.5) is 0 Å². The monoisotopic (exact) mass is 310 g/mol. The number of ether oxygens (including phenoxy) is 1. The smallest absolute Gasteiger partial charge is 0.119 e. The molecule has 1 aliphatic carbocycles. The van der Waals surface area contributed by atoms with Crippen LogP contribution in [0, 0.1) is 5.92 Å². The molecule has 0 bridgehead atoms. The van der Waals surface area contributed by atoms with Crippen molar-refractivity contribution in [2.45, 2.75) is 38.3 Å². The van der Waals surface area contributed by atoms with Gasteiger partial charge in [-0.25, -0.2) is 0 Å². The van der Waals surface area contributed by atoms with Crippen molar-refractivity contribution in [3.8, 4) is 5.75 Å². The number of nitrogens with one attached hydrogen (secondary N) is 1. The standard InChI is InChI=1S/C17H26N2O.ClH/c1-19(16-8-10-18-11-9-16)12-14-4-6-17(7-5-14)20-13-15-2-3-15;/h4-7,15-16,18H,2-3,8-13H2,1H3;1H. The number of benzene rings is 1.